The maximum Gasteiger partial charge on any atom is 0.301 e. The van der Waals surface area contributed by atoms with Crippen LogP contribution in [0.15, 0.2) is 49.1 Å². The maximum absolute atomic E-state index is 15.4. The average molecular weight is 552 g/mol. The number of pyridine rings is 1. The molecular formula is C26H26FN7O4S. The normalized spacial score (nSPS) is 16.6. The lowest BCUT2D eigenvalue weighted by Crippen LogP contribution is -2.37. The quantitative estimate of drug-likeness (QED) is 0.335. The lowest BCUT2D eigenvalue weighted by atomic mass is 10.0. The van der Waals surface area contributed by atoms with E-state index in [1.807, 2.05) is 4.90 Å². The summed E-state index contributed by atoms with van der Waals surface area (Å²) in [6, 6.07) is 5.86. The van der Waals surface area contributed by atoms with Gasteiger partial charge in [-0.15, -0.1) is 0 Å². The van der Waals surface area contributed by atoms with Gasteiger partial charge in [-0.05, 0) is 31.0 Å². The monoisotopic (exact) mass is 551 g/mol. The number of morpholine rings is 1. The van der Waals surface area contributed by atoms with Crippen LogP contribution in [0, 0.1) is 5.82 Å². The molecule has 2 saturated heterocycles. The molecule has 2 fully saturated rings. The Labute approximate surface area is 224 Å². The van der Waals surface area contributed by atoms with Crippen molar-refractivity contribution in [2.75, 3.05) is 49.0 Å². The second kappa shape index (κ2) is 10.3. The van der Waals surface area contributed by atoms with Crippen LogP contribution < -0.4 is 9.62 Å². The van der Waals surface area contributed by atoms with Crippen LogP contribution in [-0.4, -0.2) is 77.8 Å². The molecule has 13 heteroatoms. The first-order valence-electron chi connectivity index (χ1n) is 12.6. The molecule has 5 heterocycles. The van der Waals surface area contributed by atoms with E-state index < -0.39 is 21.8 Å². The van der Waals surface area contributed by atoms with Crippen molar-refractivity contribution < 1.29 is 22.3 Å². The van der Waals surface area contributed by atoms with Crippen molar-refractivity contribution >= 4 is 38.7 Å². The van der Waals surface area contributed by atoms with Crippen LogP contribution in [0.5, 0.6) is 0 Å². The van der Waals surface area contributed by atoms with Gasteiger partial charge in [-0.2, -0.15) is 12.7 Å². The van der Waals surface area contributed by atoms with E-state index in [9.17, 15) is 13.2 Å². The predicted octanol–water partition coefficient (Wildman–Crippen LogP) is 2.98. The predicted molar refractivity (Wildman–Crippen MR) is 143 cm³/mol. The third-order valence-corrected chi connectivity index (χ3v) is 8.45. The Balaban J connectivity index is 1.28. The third kappa shape index (κ3) is 4.95. The number of hydrogen-bond acceptors (Lipinski definition) is 8. The fourth-order valence-electron chi connectivity index (χ4n) is 4.81. The van der Waals surface area contributed by atoms with Crippen LogP contribution in [0.2, 0.25) is 0 Å². The van der Waals surface area contributed by atoms with Crippen molar-refractivity contribution in [2.45, 2.75) is 12.8 Å². The van der Waals surface area contributed by atoms with Crippen LogP contribution in [-0.2, 0) is 14.9 Å². The number of ether oxygens (including phenoxy) is 1. The second-order valence-corrected chi connectivity index (χ2v) is 11.1. The molecule has 0 bridgehead atoms. The molecule has 2 aliphatic heterocycles. The smallest absolute Gasteiger partial charge is 0.301 e. The Morgan fingerprint density at radius 2 is 1.69 bits per heavy atom. The molecule has 0 atom stereocenters. The van der Waals surface area contributed by atoms with Gasteiger partial charge < -0.3 is 14.6 Å². The van der Waals surface area contributed by atoms with Crippen molar-refractivity contribution in [3.63, 3.8) is 0 Å². The summed E-state index contributed by atoms with van der Waals surface area (Å²) < 4.78 is 49.7. The molecule has 39 heavy (non-hydrogen) atoms. The number of rotatable bonds is 7. The molecule has 0 radical (unpaired) electrons. The SMILES string of the molecule is O=C(c1cccc(NS(=O)(=O)N2CCCC2)c1F)c1c[nH]c2ncc(-c3cnc(N4CCOCC4)nc3)cc12. The zero-order valence-corrected chi connectivity index (χ0v) is 21.7. The number of carbonyl (C=O) groups is 1. The molecule has 4 aromatic rings. The van der Waals surface area contributed by atoms with Gasteiger partial charge in [-0.1, -0.05) is 6.07 Å². The Hall–Kier alpha value is -3.94. The van der Waals surface area contributed by atoms with Gasteiger partial charge in [-0.25, -0.2) is 19.3 Å². The van der Waals surface area contributed by atoms with Crippen LogP contribution in [0.25, 0.3) is 22.2 Å². The summed E-state index contributed by atoms with van der Waals surface area (Å²) in [4.78, 5) is 31.8. The standard InChI is InChI=1S/C26H26FN7O4S/c27-23-19(4-3-5-22(23)32-39(36,37)34-6-1-2-7-34)24(35)21-16-29-25-20(21)12-17(13-28-25)18-14-30-26(31-15-18)33-8-10-38-11-9-33/h3-5,12-16,32H,1-2,6-11H2,(H,28,29). The van der Waals surface area contributed by atoms with E-state index in [2.05, 4.69) is 24.7 Å². The van der Waals surface area contributed by atoms with Crippen molar-refractivity contribution in [3.8, 4) is 11.1 Å². The molecule has 0 saturated carbocycles. The number of halogens is 1. The largest absolute Gasteiger partial charge is 0.378 e. The van der Waals surface area contributed by atoms with E-state index in [0.717, 1.165) is 25.9 Å². The highest BCUT2D eigenvalue weighted by Gasteiger charge is 2.28. The second-order valence-electron chi connectivity index (χ2n) is 9.40. The van der Waals surface area contributed by atoms with Crippen LogP contribution in [0.3, 0.4) is 0 Å². The van der Waals surface area contributed by atoms with E-state index >= 15 is 4.39 Å². The zero-order valence-electron chi connectivity index (χ0n) is 20.9. The number of nitrogens with zero attached hydrogens (tertiary/aromatic N) is 5. The summed E-state index contributed by atoms with van der Waals surface area (Å²) in [7, 11) is -3.92. The summed E-state index contributed by atoms with van der Waals surface area (Å²) in [5.41, 5.74) is 1.55. The van der Waals surface area contributed by atoms with Crippen molar-refractivity contribution in [1.82, 2.24) is 24.2 Å². The fraction of sp³-hybridized carbons (Fsp3) is 0.308. The minimum absolute atomic E-state index is 0.212. The Morgan fingerprint density at radius 3 is 2.44 bits per heavy atom. The molecular weight excluding hydrogens is 525 g/mol. The molecule has 0 spiro atoms. The number of aromatic nitrogens is 4. The van der Waals surface area contributed by atoms with Crippen molar-refractivity contribution in [3.05, 3.63) is 66.0 Å². The van der Waals surface area contributed by atoms with E-state index in [4.69, 9.17) is 4.74 Å². The van der Waals surface area contributed by atoms with E-state index in [1.54, 1.807) is 24.7 Å². The van der Waals surface area contributed by atoms with Gasteiger partial charge in [0, 0.05) is 73.0 Å². The highest BCUT2D eigenvalue weighted by atomic mass is 32.2. The van der Waals surface area contributed by atoms with Gasteiger partial charge in [0.1, 0.15) is 5.65 Å². The van der Waals surface area contributed by atoms with E-state index in [0.29, 0.717) is 54.4 Å². The van der Waals surface area contributed by atoms with Gasteiger partial charge in [0.2, 0.25) is 5.95 Å². The number of H-pyrrole nitrogens is 1. The minimum Gasteiger partial charge on any atom is -0.378 e. The van der Waals surface area contributed by atoms with Crippen LogP contribution in [0.4, 0.5) is 16.0 Å². The molecule has 0 unspecified atom stereocenters. The maximum atomic E-state index is 15.4. The molecule has 3 aromatic heterocycles. The summed E-state index contributed by atoms with van der Waals surface area (Å²) in [6.07, 6.45) is 8.02. The Morgan fingerprint density at radius 1 is 0.974 bits per heavy atom. The highest BCUT2D eigenvalue weighted by Crippen LogP contribution is 2.29. The van der Waals surface area contributed by atoms with E-state index in [-0.39, 0.29) is 16.8 Å². The lowest BCUT2D eigenvalue weighted by Gasteiger charge is -2.26. The molecule has 0 amide bonds. The summed E-state index contributed by atoms with van der Waals surface area (Å²) in [6.45, 7) is 3.45. The number of anilines is 2. The fourth-order valence-corrected chi connectivity index (χ4v) is 6.11. The van der Waals surface area contributed by atoms with Gasteiger partial charge in [-0.3, -0.25) is 9.52 Å². The van der Waals surface area contributed by atoms with Crippen LogP contribution in [0.1, 0.15) is 28.8 Å². The molecule has 202 valence electrons. The first kappa shape index (κ1) is 25.3. The number of aromatic amines is 1. The zero-order chi connectivity index (χ0) is 27.0. The minimum atomic E-state index is -3.92. The molecule has 2 aliphatic rings. The van der Waals surface area contributed by atoms with Gasteiger partial charge in [0.25, 0.3) is 0 Å². The number of carbonyl (C=O) groups excluding carboxylic acids is 1. The topological polar surface area (TPSA) is 133 Å². The highest BCUT2D eigenvalue weighted by molar-refractivity contribution is 7.90. The number of nitrogens with one attached hydrogen (secondary N) is 2. The molecule has 0 aliphatic carbocycles. The molecule has 1 aromatic carbocycles. The molecule has 2 N–H and O–H groups in total. The number of ketones is 1. The first-order valence-corrected chi connectivity index (χ1v) is 14.1. The number of fused-ring (bicyclic) bond motifs is 1. The third-order valence-electron chi connectivity index (χ3n) is 6.93. The summed E-state index contributed by atoms with van der Waals surface area (Å²) in [5, 5.41) is 0.497. The van der Waals surface area contributed by atoms with Gasteiger partial charge in [0.15, 0.2) is 11.6 Å². The first-order chi connectivity index (χ1) is 18.9. The summed E-state index contributed by atoms with van der Waals surface area (Å²) in [5.74, 6) is -0.918. The van der Waals surface area contributed by atoms with Gasteiger partial charge >= 0.3 is 10.2 Å². The summed E-state index contributed by atoms with van der Waals surface area (Å²) >= 11 is 0. The van der Waals surface area contributed by atoms with Crippen molar-refractivity contribution in [2.24, 2.45) is 0 Å². The van der Waals surface area contributed by atoms with Gasteiger partial charge in [0.05, 0.1) is 24.5 Å². The lowest BCUT2D eigenvalue weighted by molar-refractivity contribution is 0.103. The average Bonchev–Trinajstić information content (AvgIpc) is 3.65. The number of benzene rings is 1. The van der Waals surface area contributed by atoms with Crippen LogP contribution >= 0.6 is 0 Å². The Bertz CT molecular complexity index is 1630. The Kier molecular flexibility index (Phi) is 6.71. The number of hydrogen-bond donors (Lipinski definition) is 2. The van der Waals surface area contributed by atoms with Crippen molar-refractivity contribution in [1.29, 1.82) is 0 Å². The van der Waals surface area contributed by atoms with E-state index in [1.165, 1.54) is 28.7 Å². The molecule has 6 rings (SSSR count). The molecule has 11 nitrogen and oxygen atoms in total.